The highest BCUT2D eigenvalue weighted by Gasteiger charge is 2.15. The van der Waals surface area contributed by atoms with Crippen molar-refractivity contribution in [2.24, 2.45) is 5.10 Å². The lowest BCUT2D eigenvalue weighted by atomic mass is 10.2. The van der Waals surface area contributed by atoms with Crippen LogP contribution in [0.2, 0.25) is 0 Å². The van der Waals surface area contributed by atoms with Crippen LogP contribution in [0.4, 0.5) is 0 Å². The van der Waals surface area contributed by atoms with Gasteiger partial charge in [0.15, 0.2) is 0 Å². The molecule has 0 saturated heterocycles. The highest BCUT2D eigenvalue weighted by Crippen LogP contribution is 2.27. The normalized spacial score (nSPS) is 11.0. The molecule has 0 atom stereocenters. The first-order valence-corrected chi connectivity index (χ1v) is 7.45. The van der Waals surface area contributed by atoms with Gasteiger partial charge in [0.2, 0.25) is 0 Å². The van der Waals surface area contributed by atoms with Gasteiger partial charge < -0.3 is 4.42 Å². The number of aryl methyl sites for hydroxylation is 1. The second-order valence-electron chi connectivity index (χ2n) is 4.51. The SMILES string of the molecule is Cc1nc(-c2ccccc2)sc1C(=O)N/N=C/c1ccco1. The second kappa shape index (κ2) is 6.36. The van der Waals surface area contributed by atoms with Crippen molar-refractivity contribution < 1.29 is 9.21 Å². The Bertz CT molecular complexity index is 792. The number of thiazole rings is 1. The van der Waals surface area contributed by atoms with Crippen LogP contribution in [0.15, 0.2) is 58.2 Å². The van der Waals surface area contributed by atoms with Gasteiger partial charge in [-0.1, -0.05) is 30.3 Å². The number of rotatable bonds is 4. The highest BCUT2D eigenvalue weighted by molar-refractivity contribution is 7.17. The van der Waals surface area contributed by atoms with Crippen molar-refractivity contribution in [3.8, 4) is 10.6 Å². The molecule has 0 saturated carbocycles. The Morgan fingerprint density at radius 3 is 2.82 bits per heavy atom. The van der Waals surface area contributed by atoms with Gasteiger partial charge in [-0.3, -0.25) is 4.79 Å². The van der Waals surface area contributed by atoms with Gasteiger partial charge in [-0.25, -0.2) is 10.4 Å². The summed E-state index contributed by atoms with van der Waals surface area (Å²) in [6, 6.07) is 13.3. The first-order chi connectivity index (χ1) is 10.7. The van der Waals surface area contributed by atoms with E-state index in [1.165, 1.54) is 17.6 Å². The fourth-order valence-corrected chi connectivity index (χ4v) is 2.84. The van der Waals surface area contributed by atoms with E-state index >= 15 is 0 Å². The summed E-state index contributed by atoms with van der Waals surface area (Å²) in [4.78, 5) is 17.2. The Balaban J connectivity index is 1.74. The first kappa shape index (κ1) is 14.2. The van der Waals surface area contributed by atoms with E-state index in [1.807, 2.05) is 37.3 Å². The number of aromatic nitrogens is 1. The van der Waals surface area contributed by atoms with Crippen molar-refractivity contribution in [2.45, 2.75) is 6.92 Å². The summed E-state index contributed by atoms with van der Waals surface area (Å²) in [5.41, 5.74) is 4.17. The monoisotopic (exact) mass is 311 g/mol. The van der Waals surface area contributed by atoms with Gasteiger partial charge in [0.1, 0.15) is 15.6 Å². The van der Waals surface area contributed by atoms with Gasteiger partial charge in [-0.05, 0) is 19.1 Å². The number of benzene rings is 1. The fourth-order valence-electron chi connectivity index (χ4n) is 1.88. The van der Waals surface area contributed by atoms with Crippen LogP contribution in [0.1, 0.15) is 21.1 Å². The van der Waals surface area contributed by atoms with E-state index in [1.54, 1.807) is 18.4 Å². The molecule has 0 bridgehead atoms. The minimum Gasteiger partial charge on any atom is -0.463 e. The topological polar surface area (TPSA) is 67.5 Å². The molecule has 0 aliphatic heterocycles. The largest absolute Gasteiger partial charge is 0.463 e. The Morgan fingerprint density at radius 2 is 2.09 bits per heavy atom. The standard InChI is InChI=1S/C16H13N3O2S/c1-11-14(15(20)19-17-10-13-8-5-9-21-13)22-16(18-11)12-6-3-2-4-7-12/h2-10H,1H3,(H,19,20)/b17-10+. The number of hydrogen-bond donors (Lipinski definition) is 1. The molecule has 2 aromatic heterocycles. The minimum absolute atomic E-state index is 0.278. The number of nitrogens with one attached hydrogen (secondary N) is 1. The van der Waals surface area contributed by atoms with E-state index in [4.69, 9.17) is 4.42 Å². The quantitative estimate of drug-likeness (QED) is 0.592. The van der Waals surface area contributed by atoms with Gasteiger partial charge in [0.05, 0.1) is 18.2 Å². The molecule has 1 amide bonds. The molecule has 22 heavy (non-hydrogen) atoms. The molecule has 0 aliphatic rings. The lowest BCUT2D eigenvalue weighted by Gasteiger charge is -1.96. The van der Waals surface area contributed by atoms with E-state index in [9.17, 15) is 4.79 Å². The van der Waals surface area contributed by atoms with Crippen LogP contribution in [-0.2, 0) is 0 Å². The molecule has 5 nitrogen and oxygen atoms in total. The summed E-state index contributed by atoms with van der Waals surface area (Å²) in [7, 11) is 0. The van der Waals surface area contributed by atoms with Crippen molar-refractivity contribution in [3.63, 3.8) is 0 Å². The number of carbonyl (C=O) groups excluding carboxylic acids is 1. The summed E-state index contributed by atoms with van der Waals surface area (Å²) >= 11 is 1.35. The van der Waals surface area contributed by atoms with Crippen molar-refractivity contribution in [2.75, 3.05) is 0 Å². The molecule has 3 rings (SSSR count). The average molecular weight is 311 g/mol. The summed E-state index contributed by atoms with van der Waals surface area (Å²) < 4.78 is 5.10. The molecule has 1 aromatic carbocycles. The third-order valence-electron chi connectivity index (χ3n) is 2.92. The van der Waals surface area contributed by atoms with Gasteiger partial charge in [-0.15, -0.1) is 11.3 Å². The summed E-state index contributed by atoms with van der Waals surface area (Å²) in [6.07, 6.45) is 3.00. The Hall–Kier alpha value is -2.73. The van der Waals surface area contributed by atoms with Crippen LogP contribution in [0.5, 0.6) is 0 Å². The maximum absolute atomic E-state index is 12.2. The molecule has 0 unspecified atom stereocenters. The Morgan fingerprint density at radius 1 is 1.27 bits per heavy atom. The zero-order chi connectivity index (χ0) is 15.4. The molecule has 6 heteroatoms. The molecule has 0 aliphatic carbocycles. The number of carbonyl (C=O) groups is 1. The predicted octanol–water partition coefficient (Wildman–Crippen LogP) is 3.48. The van der Waals surface area contributed by atoms with E-state index in [2.05, 4.69) is 15.5 Å². The summed E-state index contributed by atoms with van der Waals surface area (Å²) in [5, 5.41) is 4.69. The van der Waals surface area contributed by atoms with Crippen LogP contribution in [0.3, 0.4) is 0 Å². The summed E-state index contributed by atoms with van der Waals surface area (Å²) in [5.74, 6) is 0.297. The lowest BCUT2D eigenvalue weighted by molar-refractivity contribution is 0.0958. The number of hydrogen-bond acceptors (Lipinski definition) is 5. The zero-order valence-corrected chi connectivity index (χ0v) is 12.6. The van der Waals surface area contributed by atoms with Crippen LogP contribution < -0.4 is 5.43 Å². The second-order valence-corrected chi connectivity index (χ2v) is 5.51. The molecule has 110 valence electrons. The molecule has 0 spiro atoms. The van der Waals surface area contributed by atoms with E-state index < -0.39 is 0 Å². The molecule has 0 radical (unpaired) electrons. The Labute approximate surface area is 131 Å². The van der Waals surface area contributed by atoms with Crippen LogP contribution >= 0.6 is 11.3 Å². The van der Waals surface area contributed by atoms with Crippen molar-refractivity contribution in [1.29, 1.82) is 0 Å². The molecular formula is C16H13N3O2S. The van der Waals surface area contributed by atoms with Crippen LogP contribution in [0, 0.1) is 6.92 Å². The molecular weight excluding hydrogens is 298 g/mol. The van der Waals surface area contributed by atoms with Crippen molar-refractivity contribution in [3.05, 3.63) is 65.1 Å². The smallest absolute Gasteiger partial charge is 0.283 e. The third-order valence-corrected chi connectivity index (χ3v) is 4.13. The maximum atomic E-state index is 12.2. The van der Waals surface area contributed by atoms with Crippen LogP contribution in [-0.4, -0.2) is 17.1 Å². The average Bonchev–Trinajstić information content (AvgIpc) is 3.17. The van der Waals surface area contributed by atoms with E-state index in [0.717, 1.165) is 10.6 Å². The van der Waals surface area contributed by atoms with Gasteiger partial charge in [0, 0.05) is 5.56 Å². The van der Waals surface area contributed by atoms with Crippen molar-refractivity contribution >= 4 is 23.5 Å². The van der Waals surface area contributed by atoms with E-state index in [0.29, 0.717) is 16.3 Å². The Kier molecular flexibility index (Phi) is 4.11. The zero-order valence-electron chi connectivity index (χ0n) is 11.8. The van der Waals surface area contributed by atoms with Gasteiger partial charge in [-0.2, -0.15) is 5.10 Å². The van der Waals surface area contributed by atoms with Crippen LogP contribution in [0.25, 0.3) is 10.6 Å². The van der Waals surface area contributed by atoms with Crippen molar-refractivity contribution in [1.82, 2.24) is 10.4 Å². The maximum Gasteiger partial charge on any atom is 0.283 e. The van der Waals surface area contributed by atoms with Gasteiger partial charge >= 0.3 is 0 Å². The molecule has 1 N–H and O–H groups in total. The molecule has 2 heterocycles. The lowest BCUT2D eigenvalue weighted by Crippen LogP contribution is -2.17. The minimum atomic E-state index is -0.278. The highest BCUT2D eigenvalue weighted by atomic mass is 32.1. The van der Waals surface area contributed by atoms with E-state index in [-0.39, 0.29) is 5.91 Å². The molecule has 0 fully saturated rings. The van der Waals surface area contributed by atoms with Gasteiger partial charge in [0.25, 0.3) is 5.91 Å². The number of hydrazone groups is 1. The number of nitrogens with zero attached hydrogens (tertiary/aromatic N) is 2. The third kappa shape index (κ3) is 3.12. The first-order valence-electron chi connectivity index (χ1n) is 6.64. The number of furan rings is 1. The fraction of sp³-hybridized carbons (Fsp3) is 0.0625. The number of amides is 1. The predicted molar refractivity (Wildman–Crippen MR) is 86.1 cm³/mol. The summed E-state index contributed by atoms with van der Waals surface area (Å²) in [6.45, 7) is 1.81. The molecule has 3 aromatic rings.